The number of halogens is 1. The van der Waals surface area contributed by atoms with E-state index in [-0.39, 0.29) is 17.4 Å². The van der Waals surface area contributed by atoms with Crippen LogP contribution in [-0.4, -0.2) is 9.91 Å². The first-order valence-corrected chi connectivity index (χ1v) is 6.11. The fraction of sp³-hybridized carbons (Fsp3) is 0. The van der Waals surface area contributed by atoms with Crippen LogP contribution in [0.5, 0.6) is 0 Å². The molecule has 3 rings (SSSR count). The number of hydrogen-bond donors (Lipinski definition) is 0. The summed E-state index contributed by atoms with van der Waals surface area (Å²) in [7, 11) is 0. The van der Waals surface area contributed by atoms with Crippen molar-refractivity contribution in [3.63, 3.8) is 0 Å². The Labute approximate surface area is 118 Å². The summed E-state index contributed by atoms with van der Waals surface area (Å²) in [4.78, 5) is 14.6. The lowest BCUT2D eigenvalue weighted by Gasteiger charge is -1.98. The molecule has 0 atom stereocenters. The number of nitro benzene ring substituents is 1. The van der Waals surface area contributed by atoms with Crippen LogP contribution in [0.4, 0.5) is 10.1 Å². The molecule has 0 spiro atoms. The number of benzene rings is 2. The average molecular weight is 284 g/mol. The first kappa shape index (κ1) is 13.0. The van der Waals surface area contributed by atoms with E-state index in [0.29, 0.717) is 16.9 Å². The Morgan fingerprint density at radius 2 is 1.81 bits per heavy atom. The van der Waals surface area contributed by atoms with Crippen molar-refractivity contribution in [2.24, 2.45) is 0 Å². The van der Waals surface area contributed by atoms with Gasteiger partial charge in [-0.1, -0.05) is 12.1 Å². The largest absolute Gasteiger partial charge is 0.436 e. The minimum Gasteiger partial charge on any atom is -0.436 e. The fourth-order valence-corrected chi connectivity index (χ4v) is 1.96. The predicted molar refractivity (Wildman–Crippen MR) is 74.0 cm³/mol. The van der Waals surface area contributed by atoms with Gasteiger partial charge in [0.1, 0.15) is 11.4 Å². The van der Waals surface area contributed by atoms with E-state index in [4.69, 9.17) is 4.42 Å². The number of rotatable bonds is 3. The SMILES string of the molecule is O=[N+]([O-])c1ccccc1-c1ncc(-c2ccc(F)cc2)o1. The molecule has 2 aromatic carbocycles. The van der Waals surface area contributed by atoms with Crippen LogP contribution < -0.4 is 0 Å². The number of oxazole rings is 1. The third-order valence-corrected chi connectivity index (χ3v) is 2.97. The zero-order valence-electron chi connectivity index (χ0n) is 10.7. The monoisotopic (exact) mass is 284 g/mol. The van der Waals surface area contributed by atoms with Crippen LogP contribution in [0.2, 0.25) is 0 Å². The van der Waals surface area contributed by atoms with Crippen LogP contribution in [0, 0.1) is 15.9 Å². The molecule has 0 radical (unpaired) electrons. The number of nitro groups is 1. The van der Waals surface area contributed by atoms with Gasteiger partial charge in [-0.05, 0) is 30.3 Å². The van der Waals surface area contributed by atoms with Gasteiger partial charge in [0.15, 0.2) is 5.76 Å². The highest BCUT2D eigenvalue weighted by Crippen LogP contribution is 2.31. The second-order valence-corrected chi connectivity index (χ2v) is 4.31. The summed E-state index contributed by atoms with van der Waals surface area (Å²) in [6.45, 7) is 0. The Balaban J connectivity index is 2.03. The maximum absolute atomic E-state index is 12.9. The van der Waals surface area contributed by atoms with Crippen molar-refractivity contribution in [1.29, 1.82) is 0 Å². The first-order valence-electron chi connectivity index (χ1n) is 6.11. The van der Waals surface area contributed by atoms with Gasteiger partial charge in [0, 0.05) is 11.6 Å². The summed E-state index contributed by atoms with van der Waals surface area (Å²) >= 11 is 0. The van der Waals surface area contributed by atoms with Gasteiger partial charge in [0.25, 0.3) is 5.69 Å². The van der Waals surface area contributed by atoms with Crippen molar-refractivity contribution in [2.45, 2.75) is 0 Å². The number of aromatic nitrogens is 1. The lowest BCUT2D eigenvalue weighted by atomic mass is 10.2. The first-order chi connectivity index (χ1) is 10.1. The van der Waals surface area contributed by atoms with Crippen molar-refractivity contribution in [3.8, 4) is 22.8 Å². The summed E-state index contributed by atoms with van der Waals surface area (Å²) < 4.78 is 18.4. The highest BCUT2D eigenvalue weighted by Gasteiger charge is 2.18. The maximum atomic E-state index is 12.9. The number of para-hydroxylation sites is 1. The van der Waals surface area contributed by atoms with Crippen LogP contribution in [0.1, 0.15) is 0 Å². The standard InChI is InChI=1S/C15H9FN2O3/c16-11-7-5-10(6-8-11)14-9-17-15(21-14)12-3-1-2-4-13(12)18(19)20/h1-9H. The predicted octanol–water partition coefficient (Wildman–Crippen LogP) is 4.06. The Hall–Kier alpha value is -3.02. The van der Waals surface area contributed by atoms with Crippen molar-refractivity contribution in [3.05, 3.63) is 70.7 Å². The van der Waals surface area contributed by atoms with E-state index in [1.54, 1.807) is 30.3 Å². The van der Waals surface area contributed by atoms with E-state index in [1.807, 2.05) is 0 Å². The van der Waals surface area contributed by atoms with Gasteiger partial charge in [-0.15, -0.1) is 0 Å². The van der Waals surface area contributed by atoms with Crippen LogP contribution >= 0.6 is 0 Å². The molecule has 6 heteroatoms. The van der Waals surface area contributed by atoms with Crippen LogP contribution in [0.15, 0.2) is 59.1 Å². The lowest BCUT2D eigenvalue weighted by molar-refractivity contribution is -0.384. The van der Waals surface area contributed by atoms with Crippen molar-refractivity contribution >= 4 is 5.69 Å². The molecule has 0 bridgehead atoms. The van der Waals surface area contributed by atoms with Gasteiger partial charge in [-0.3, -0.25) is 10.1 Å². The third-order valence-electron chi connectivity index (χ3n) is 2.97. The summed E-state index contributed by atoms with van der Waals surface area (Å²) in [5.41, 5.74) is 0.870. The highest BCUT2D eigenvalue weighted by molar-refractivity contribution is 5.68. The molecular weight excluding hydrogens is 275 g/mol. The molecule has 0 aliphatic carbocycles. The molecule has 5 nitrogen and oxygen atoms in total. The zero-order valence-corrected chi connectivity index (χ0v) is 10.7. The maximum Gasteiger partial charge on any atom is 0.282 e. The average Bonchev–Trinajstić information content (AvgIpc) is 2.97. The molecule has 0 N–H and O–H groups in total. The highest BCUT2D eigenvalue weighted by atomic mass is 19.1. The molecule has 0 amide bonds. The van der Waals surface area contributed by atoms with Crippen molar-refractivity contribution < 1.29 is 13.7 Å². The molecule has 0 saturated carbocycles. The second-order valence-electron chi connectivity index (χ2n) is 4.31. The van der Waals surface area contributed by atoms with Gasteiger partial charge in [-0.25, -0.2) is 9.37 Å². The molecule has 0 fully saturated rings. The number of hydrogen-bond acceptors (Lipinski definition) is 4. The van der Waals surface area contributed by atoms with E-state index in [9.17, 15) is 14.5 Å². The fourth-order valence-electron chi connectivity index (χ4n) is 1.96. The topological polar surface area (TPSA) is 69.2 Å². The van der Waals surface area contributed by atoms with E-state index in [2.05, 4.69) is 4.98 Å². The lowest BCUT2D eigenvalue weighted by Crippen LogP contribution is -1.91. The summed E-state index contributed by atoms with van der Waals surface area (Å²) in [6.07, 6.45) is 1.46. The smallest absolute Gasteiger partial charge is 0.282 e. The Kier molecular flexibility index (Phi) is 3.19. The van der Waals surface area contributed by atoms with Gasteiger partial charge in [0.2, 0.25) is 5.89 Å². The van der Waals surface area contributed by atoms with Crippen molar-refractivity contribution in [1.82, 2.24) is 4.98 Å². The summed E-state index contributed by atoms with van der Waals surface area (Å²) in [5, 5.41) is 11.0. The molecule has 3 aromatic rings. The van der Waals surface area contributed by atoms with E-state index < -0.39 is 4.92 Å². The Morgan fingerprint density at radius 3 is 2.52 bits per heavy atom. The normalized spacial score (nSPS) is 10.5. The Morgan fingerprint density at radius 1 is 1.10 bits per heavy atom. The molecule has 0 unspecified atom stereocenters. The van der Waals surface area contributed by atoms with Gasteiger partial charge < -0.3 is 4.42 Å². The molecule has 0 saturated heterocycles. The molecular formula is C15H9FN2O3. The van der Waals surface area contributed by atoms with E-state index in [0.717, 1.165) is 0 Å². The van der Waals surface area contributed by atoms with Gasteiger partial charge in [0.05, 0.1) is 11.1 Å². The molecule has 104 valence electrons. The van der Waals surface area contributed by atoms with E-state index in [1.165, 1.54) is 24.4 Å². The summed E-state index contributed by atoms with van der Waals surface area (Å²) in [5.74, 6) is 0.224. The van der Waals surface area contributed by atoms with Crippen LogP contribution in [-0.2, 0) is 0 Å². The van der Waals surface area contributed by atoms with Crippen molar-refractivity contribution in [2.75, 3.05) is 0 Å². The third kappa shape index (κ3) is 2.51. The molecule has 21 heavy (non-hydrogen) atoms. The molecule has 0 aliphatic heterocycles. The van der Waals surface area contributed by atoms with E-state index >= 15 is 0 Å². The quantitative estimate of drug-likeness (QED) is 0.537. The summed E-state index contributed by atoms with van der Waals surface area (Å²) in [6, 6.07) is 11.9. The minimum atomic E-state index is -0.489. The second kappa shape index (κ2) is 5.16. The Bertz CT molecular complexity index is 797. The van der Waals surface area contributed by atoms with Crippen LogP contribution in [0.25, 0.3) is 22.8 Å². The number of nitrogens with zero attached hydrogens (tertiary/aromatic N) is 2. The molecule has 1 heterocycles. The zero-order chi connectivity index (χ0) is 14.8. The minimum absolute atomic E-state index is 0.0787. The van der Waals surface area contributed by atoms with Gasteiger partial charge >= 0.3 is 0 Å². The molecule has 0 aliphatic rings. The van der Waals surface area contributed by atoms with Crippen LogP contribution in [0.3, 0.4) is 0 Å². The molecule has 1 aromatic heterocycles. The van der Waals surface area contributed by atoms with Gasteiger partial charge in [-0.2, -0.15) is 0 Å².